The lowest BCUT2D eigenvalue weighted by atomic mass is 9.99. The SMILES string of the molecule is CC(=O)OC[C@H]1OC(OC(C)=O)[C@H](O[Si](C)(C)C)[C@@H](O[Si](C)(C)C)[C@H]1O[Si](C)(C)C. The van der Waals surface area contributed by atoms with Crippen LogP contribution in [0.5, 0.6) is 0 Å². The van der Waals surface area contributed by atoms with E-state index < -0.39 is 67.6 Å². The highest BCUT2D eigenvalue weighted by atomic mass is 28.4. The Hall–Kier alpha value is -0.569. The van der Waals surface area contributed by atoms with E-state index in [4.69, 9.17) is 27.5 Å². The van der Waals surface area contributed by atoms with Gasteiger partial charge in [-0.15, -0.1) is 0 Å². The molecule has 1 fully saturated rings. The van der Waals surface area contributed by atoms with Crippen LogP contribution >= 0.6 is 0 Å². The number of hydrogen-bond acceptors (Lipinski definition) is 8. The second-order valence-corrected chi connectivity index (χ2v) is 23.9. The fourth-order valence-electron chi connectivity index (χ4n) is 3.10. The van der Waals surface area contributed by atoms with Crippen molar-refractivity contribution in [2.24, 2.45) is 0 Å². The van der Waals surface area contributed by atoms with E-state index in [9.17, 15) is 9.59 Å². The Balaban J connectivity index is 3.44. The minimum Gasteiger partial charge on any atom is -0.463 e. The second kappa shape index (κ2) is 10.4. The summed E-state index contributed by atoms with van der Waals surface area (Å²) in [7, 11) is -6.16. The molecular formula is C19H40O8Si3. The number of esters is 2. The van der Waals surface area contributed by atoms with E-state index in [2.05, 4.69) is 58.9 Å². The normalized spacial score (nSPS) is 28.2. The molecule has 5 atom stereocenters. The standard InChI is InChI=1S/C19H40O8Si3/c1-13(20)22-12-15-16(25-28(3,4)5)17(26-29(6,7)8)18(27-30(9,10)11)19(24-15)23-14(2)21/h15-19H,12H2,1-11H3/t15-,16+,17+,18-,19?/m1/s1. The summed E-state index contributed by atoms with van der Waals surface area (Å²) in [5.74, 6) is -0.899. The zero-order valence-electron chi connectivity index (χ0n) is 20.4. The van der Waals surface area contributed by atoms with E-state index in [0.29, 0.717) is 0 Å². The molecule has 1 aliphatic rings. The van der Waals surface area contributed by atoms with Crippen LogP contribution in [0.15, 0.2) is 0 Å². The molecule has 11 heteroatoms. The van der Waals surface area contributed by atoms with Gasteiger partial charge in [-0.2, -0.15) is 0 Å². The number of hydrogen-bond donors (Lipinski definition) is 0. The first kappa shape index (κ1) is 27.5. The first-order valence-electron chi connectivity index (χ1n) is 10.4. The molecule has 0 spiro atoms. The first-order chi connectivity index (χ1) is 13.4. The van der Waals surface area contributed by atoms with E-state index in [0.717, 1.165) is 0 Å². The molecule has 8 nitrogen and oxygen atoms in total. The van der Waals surface area contributed by atoms with E-state index >= 15 is 0 Å². The van der Waals surface area contributed by atoms with Crippen molar-refractivity contribution < 1.29 is 37.1 Å². The van der Waals surface area contributed by atoms with Gasteiger partial charge in [0.25, 0.3) is 0 Å². The van der Waals surface area contributed by atoms with Crippen LogP contribution in [0.2, 0.25) is 58.9 Å². The molecule has 0 bridgehead atoms. The Bertz CT molecular complexity index is 594. The summed E-state index contributed by atoms with van der Waals surface area (Å²) in [6, 6.07) is 0. The summed E-state index contributed by atoms with van der Waals surface area (Å²) < 4.78 is 36.4. The van der Waals surface area contributed by atoms with Crippen molar-refractivity contribution in [2.45, 2.75) is 103 Å². The van der Waals surface area contributed by atoms with E-state index in [1.807, 2.05) is 0 Å². The molecule has 0 aliphatic carbocycles. The summed E-state index contributed by atoms with van der Waals surface area (Å²) in [6.45, 7) is 21.3. The quantitative estimate of drug-likeness (QED) is 0.366. The van der Waals surface area contributed by atoms with Gasteiger partial charge in [-0.25, -0.2) is 0 Å². The highest BCUT2D eigenvalue weighted by molar-refractivity contribution is 6.70. The smallest absolute Gasteiger partial charge is 0.305 e. The van der Waals surface area contributed by atoms with Crippen molar-refractivity contribution in [3.8, 4) is 0 Å². The summed E-state index contributed by atoms with van der Waals surface area (Å²) >= 11 is 0. The van der Waals surface area contributed by atoms with Gasteiger partial charge in [0.2, 0.25) is 6.29 Å². The molecule has 0 aromatic heterocycles. The highest BCUT2D eigenvalue weighted by Gasteiger charge is 2.53. The average Bonchev–Trinajstić information content (AvgIpc) is 2.47. The van der Waals surface area contributed by atoms with Crippen molar-refractivity contribution in [2.75, 3.05) is 6.61 Å². The fourth-order valence-corrected chi connectivity index (χ4v) is 6.35. The predicted octanol–water partition coefficient (Wildman–Crippen LogP) is 3.50. The Kier molecular flexibility index (Phi) is 9.49. The van der Waals surface area contributed by atoms with Crippen molar-refractivity contribution in [3.05, 3.63) is 0 Å². The van der Waals surface area contributed by atoms with Gasteiger partial charge in [0, 0.05) is 13.8 Å². The van der Waals surface area contributed by atoms with Crippen molar-refractivity contribution in [3.63, 3.8) is 0 Å². The molecule has 0 saturated carbocycles. The summed E-state index contributed by atoms with van der Waals surface area (Å²) in [5.41, 5.74) is 0. The molecule has 176 valence electrons. The van der Waals surface area contributed by atoms with E-state index in [1.165, 1.54) is 13.8 Å². The van der Waals surface area contributed by atoms with Crippen molar-refractivity contribution >= 4 is 36.9 Å². The van der Waals surface area contributed by atoms with Gasteiger partial charge in [-0.3, -0.25) is 9.59 Å². The fraction of sp³-hybridized carbons (Fsp3) is 0.895. The Labute approximate surface area is 184 Å². The van der Waals surface area contributed by atoms with Gasteiger partial charge in [0.15, 0.2) is 25.0 Å². The minimum atomic E-state index is -2.07. The van der Waals surface area contributed by atoms with E-state index in [-0.39, 0.29) is 6.61 Å². The maximum atomic E-state index is 11.8. The van der Waals surface area contributed by atoms with Crippen molar-refractivity contribution in [1.82, 2.24) is 0 Å². The molecule has 1 unspecified atom stereocenters. The molecule has 0 aromatic rings. The molecule has 0 N–H and O–H groups in total. The molecule has 0 amide bonds. The number of carbonyl (C=O) groups excluding carboxylic acids is 2. The summed E-state index contributed by atoms with van der Waals surface area (Å²) in [4.78, 5) is 23.3. The minimum absolute atomic E-state index is 0.0204. The Morgan fingerprint density at radius 3 is 1.53 bits per heavy atom. The molecule has 0 aromatic carbocycles. The van der Waals surface area contributed by atoms with Gasteiger partial charge >= 0.3 is 11.9 Å². The Morgan fingerprint density at radius 2 is 1.13 bits per heavy atom. The van der Waals surface area contributed by atoms with Crippen LogP contribution in [0, 0.1) is 0 Å². The van der Waals surface area contributed by atoms with Crippen LogP contribution in [0.3, 0.4) is 0 Å². The maximum Gasteiger partial charge on any atom is 0.305 e. The van der Waals surface area contributed by atoms with E-state index in [1.54, 1.807) is 0 Å². The number of carbonyl (C=O) groups is 2. The van der Waals surface area contributed by atoms with Gasteiger partial charge in [0.05, 0.1) is 0 Å². The average molecular weight is 481 g/mol. The third-order valence-electron chi connectivity index (χ3n) is 3.79. The zero-order valence-corrected chi connectivity index (χ0v) is 23.4. The number of ether oxygens (including phenoxy) is 3. The molecular weight excluding hydrogens is 440 g/mol. The number of rotatable bonds is 9. The maximum absolute atomic E-state index is 11.8. The molecule has 1 rings (SSSR count). The zero-order chi connectivity index (χ0) is 23.5. The predicted molar refractivity (Wildman–Crippen MR) is 122 cm³/mol. The largest absolute Gasteiger partial charge is 0.463 e. The first-order valence-corrected chi connectivity index (χ1v) is 20.6. The topological polar surface area (TPSA) is 89.5 Å². The lowest BCUT2D eigenvalue weighted by molar-refractivity contribution is -0.283. The summed E-state index contributed by atoms with van der Waals surface area (Å²) in [5, 5.41) is 0. The van der Waals surface area contributed by atoms with Crippen LogP contribution in [-0.2, 0) is 37.1 Å². The lowest BCUT2D eigenvalue weighted by Gasteiger charge is -2.50. The second-order valence-electron chi connectivity index (χ2n) is 10.5. The highest BCUT2D eigenvalue weighted by Crippen LogP contribution is 2.34. The summed E-state index contributed by atoms with van der Waals surface area (Å²) in [6.07, 6.45) is -3.29. The van der Waals surface area contributed by atoms with Gasteiger partial charge in [0.1, 0.15) is 31.0 Å². The van der Waals surface area contributed by atoms with Crippen molar-refractivity contribution in [1.29, 1.82) is 0 Å². The van der Waals surface area contributed by atoms with Crippen LogP contribution < -0.4 is 0 Å². The molecule has 0 radical (unpaired) electrons. The third kappa shape index (κ3) is 10.2. The monoisotopic (exact) mass is 480 g/mol. The molecule has 1 heterocycles. The Morgan fingerprint density at radius 1 is 0.700 bits per heavy atom. The van der Waals surface area contributed by atoms with Gasteiger partial charge in [-0.05, 0) is 58.9 Å². The lowest BCUT2D eigenvalue weighted by Crippen LogP contribution is -2.66. The molecule has 30 heavy (non-hydrogen) atoms. The van der Waals surface area contributed by atoms with Crippen LogP contribution in [0.1, 0.15) is 13.8 Å². The van der Waals surface area contributed by atoms with Crippen LogP contribution in [0.25, 0.3) is 0 Å². The van der Waals surface area contributed by atoms with Crippen LogP contribution in [-0.4, -0.2) is 74.2 Å². The van der Waals surface area contributed by atoms with Gasteiger partial charge in [-0.1, -0.05) is 0 Å². The van der Waals surface area contributed by atoms with Gasteiger partial charge < -0.3 is 27.5 Å². The van der Waals surface area contributed by atoms with Crippen LogP contribution in [0.4, 0.5) is 0 Å². The molecule has 1 aliphatic heterocycles. The third-order valence-corrected chi connectivity index (χ3v) is 6.73. The molecule has 1 saturated heterocycles.